The third kappa shape index (κ3) is 4.43. The van der Waals surface area contributed by atoms with E-state index in [1.54, 1.807) is 0 Å². The zero-order valence-electron chi connectivity index (χ0n) is 12.5. The Morgan fingerprint density at radius 1 is 1.30 bits per heavy atom. The molecule has 1 amide bonds. The van der Waals surface area contributed by atoms with Crippen LogP contribution in [-0.2, 0) is 14.3 Å². The average molecular weight is 284 g/mol. The van der Waals surface area contributed by atoms with Crippen LogP contribution in [0.3, 0.4) is 0 Å². The number of carbonyl (C=O) groups excluding carboxylic acids is 1. The number of carbonyl (C=O) groups is 1. The predicted molar refractivity (Wildman–Crippen MR) is 77.3 cm³/mol. The van der Waals surface area contributed by atoms with Crippen LogP contribution < -0.4 is 11.1 Å². The van der Waals surface area contributed by atoms with Gasteiger partial charge in [0.05, 0.1) is 24.7 Å². The van der Waals surface area contributed by atoms with Gasteiger partial charge in [-0.1, -0.05) is 6.92 Å². The van der Waals surface area contributed by atoms with Gasteiger partial charge < -0.3 is 20.5 Å². The van der Waals surface area contributed by atoms with Gasteiger partial charge in [-0.25, -0.2) is 0 Å². The third-order valence-electron chi connectivity index (χ3n) is 4.42. The first-order valence-corrected chi connectivity index (χ1v) is 7.97. The molecule has 20 heavy (non-hydrogen) atoms. The molecule has 0 spiro atoms. The molecular weight excluding hydrogens is 256 g/mol. The summed E-state index contributed by atoms with van der Waals surface area (Å²) in [6.07, 6.45) is 6.35. The first-order chi connectivity index (χ1) is 9.70. The topological polar surface area (TPSA) is 73.6 Å². The van der Waals surface area contributed by atoms with Crippen molar-refractivity contribution < 1.29 is 14.3 Å². The summed E-state index contributed by atoms with van der Waals surface area (Å²) < 4.78 is 11.3. The highest BCUT2D eigenvalue weighted by Gasteiger charge is 2.32. The Labute approximate surface area is 121 Å². The minimum Gasteiger partial charge on any atom is -0.377 e. The molecule has 5 heteroatoms. The van der Waals surface area contributed by atoms with Gasteiger partial charge in [0.15, 0.2) is 0 Å². The van der Waals surface area contributed by atoms with Crippen LogP contribution in [0.1, 0.15) is 45.4 Å². The Hall–Kier alpha value is -0.650. The fraction of sp³-hybridized carbons (Fsp3) is 0.933. The lowest BCUT2D eigenvalue weighted by atomic mass is 9.94. The Morgan fingerprint density at radius 2 is 2.05 bits per heavy atom. The van der Waals surface area contributed by atoms with E-state index in [-0.39, 0.29) is 17.9 Å². The summed E-state index contributed by atoms with van der Waals surface area (Å²) in [7, 11) is 0. The van der Waals surface area contributed by atoms with E-state index in [9.17, 15) is 4.79 Å². The van der Waals surface area contributed by atoms with Crippen molar-refractivity contribution in [2.75, 3.05) is 19.8 Å². The van der Waals surface area contributed by atoms with Gasteiger partial charge in [0.1, 0.15) is 0 Å². The second-order valence-corrected chi connectivity index (χ2v) is 5.91. The molecule has 1 saturated heterocycles. The molecule has 3 N–H and O–H groups in total. The summed E-state index contributed by atoms with van der Waals surface area (Å²) >= 11 is 0. The lowest BCUT2D eigenvalue weighted by molar-refractivity contribution is -0.127. The summed E-state index contributed by atoms with van der Waals surface area (Å²) in [6, 6.07) is 0.350. The summed E-state index contributed by atoms with van der Waals surface area (Å²) in [6.45, 7) is 3.95. The predicted octanol–water partition coefficient (Wildman–Crippen LogP) is 1.20. The number of hydrogen-bond donors (Lipinski definition) is 2. The van der Waals surface area contributed by atoms with E-state index in [0.717, 1.165) is 38.5 Å². The average Bonchev–Trinajstić information content (AvgIpc) is 2.94. The number of rotatable bonds is 6. The zero-order chi connectivity index (χ0) is 14.4. The molecule has 1 saturated carbocycles. The van der Waals surface area contributed by atoms with Gasteiger partial charge in [-0.15, -0.1) is 0 Å². The van der Waals surface area contributed by atoms with Crippen LogP contribution >= 0.6 is 0 Å². The highest BCUT2D eigenvalue weighted by atomic mass is 16.5. The smallest absolute Gasteiger partial charge is 0.225 e. The molecule has 5 nitrogen and oxygen atoms in total. The van der Waals surface area contributed by atoms with Crippen LogP contribution in [0.4, 0.5) is 0 Å². The largest absolute Gasteiger partial charge is 0.377 e. The van der Waals surface area contributed by atoms with Crippen molar-refractivity contribution in [1.82, 2.24) is 5.32 Å². The van der Waals surface area contributed by atoms with Gasteiger partial charge in [-0.05, 0) is 38.5 Å². The molecule has 116 valence electrons. The lowest BCUT2D eigenvalue weighted by Gasteiger charge is -2.26. The Morgan fingerprint density at radius 3 is 2.75 bits per heavy atom. The summed E-state index contributed by atoms with van der Waals surface area (Å²) in [4.78, 5) is 12.0. The van der Waals surface area contributed by atoms with Crippen molar-refractivity contribution in [2.24, 2.45) is 11.7 Å². The fourth-order valence-corrected chi connectivity index (χ4v) is 3.14. The molecule has 0 aromatic heterocycles. The normalized spacial score (nSPS) is 34.1. The first-order valence-electron chi connectivity index (χ1n) is 7.97. The van der Waals surface area contributed by atoms with Crippen molar-refractivity contribution in [1.29, 1.82) is 0 Å². The van der Waals surface area contributed by atoms with E-state index in [1.165, 1.54) is 0 Å². The maximum absolute atomic E-state index is 12.0. The quantitative estimate of drug-likeness (QED) is 0.719. The molecule has 2 fully saturated rings. The van der Waals surface area contributed by atoms with Crippen LogP contribution in [0.25, 0.3) is 0 Å². The van der Waals surface area contributed by atoms with Gasteiger partial charge in [-0.3, -0.25) is 4.79 Å². The number of nitrogens with two attached hydrogens (primary N) is 1. The van der Waals surface area contributed by atoms with E-state index in [4.69, 9.17) is 15.2 Å². The van der Waals surface area contributed by atoms with Crippen molar-refractivity contribution in [3.63, 3.8) is 0 Å². The number of ether oxygens (including phenoxy) is 2. The van der Waals surface area contributed by atoms with E-state index in [2.05, 4.69) is 12.2 Å². The monoisotopic (exact) mass is 284 g/mol. The van der Waals surface area contributed by atoms with Gasteiger partial charge in [0.2, 0.25) is 5.91 Å². The third-order valence-corrected chi connectivity index (χ3v) is 4.42. The summed E-state index contributed by atoms with van der Waals surface area (Å²) in [5, 5.41) is 2.97. The van der Waals surface area contributed by atoms with Crippen LogP contribution in [-0.4, -0.2) is 43.9 Å². The van der Waals surface area contributed by atoms with Gasteiger partial charge >= 0.3 is 0 Å². The molecule has 0 radical (unpaired) electrons. The fourth-order valence-electron chi connectivity index (χ4n) is 3.14. The van der Waals surface area contributed by atoms with Gasteiger partial charge in [0.25, 0.3) is 0 Å². The SMILES string of the molecule is CCC1OCCC1C(=O)NCCOC1CCC(N)CC1. The van der Waals surface area contributed by atoms with Crippen LogP contribution in [0.15, 0.2) is 0 Å². The minimum atomic E-state index is 0.0210. The van der Waals surface area contributed by atoms with E-state index in [0.29, 0.717) is 31.9 Å². The van der Waals surface area contributed by atoms with E-state index >= 15 is 0 Å². The Bertz CT molecular complexity index is 303. The second-order valence-electron chi connectivity index (χ2n) is 5.91. The van der Waals surface area contributed by atoms with Crippen molar-refractivity contribution >= 4 is 5.91 Å². The molecule has 0 aromatic rings. The molecule has 2 rings (SSSR count). The molecule has 1 aliphatic heterocycles. The molecular formula is C15H28N2O3. The number of hydrogen-bond acceptors (Lipinski definition) is 4. The maximum atomic E-state index is 12.0. The van der Waals surface area contributed by atoms with Crippen molar-refractivity contribution in [3.8, 4) is 0 Å². The summed E-state index contributed by atoms with van der Waals surface area (Å²) in [5.41, 5.74) is 5.86. The van der Waals surface area contributed by atoms with E-state index < -0.39 is 0 Å². The first kappa shape index (κ1) is 15.7. The number of nitrogens with one attached hydrogen (secondary N) is 1. The molecule has 0 bridgehead atoms. The molecule has 2 unspecified atom stereocenters. The zero-order valence-corrected chi connectivity index (χ0v) is 12.5. The second kappa shape index (κ2) is 7.96. The summed E-state index contributed by atoms with van der Waals surface area (Å²) in [5.74, 6) is 0.135. The van der Waals surface area contributed by atoms with Crippen molar-refractivity contribution in [2.45, 2.75) is 63.7 Å². The maximum Gasteiger partial charge on any atom is 0.225 e. The van der Waals surface area contributed by atoms with Gasteiger partial charge in [-0.2, -0.15) is 0 Å². The molecule has 2 aliphatic rings. The molecule has 0 aromatic carbocycles. The molecule has 1 aliphatic carbocycles. The Balaban J connectivity index is 1.57. The highest BCUT2D eigenvalue weighted by molar-refractivity contribution is 5.79. The molecule has 1 heterocycles. The van der Waals surface area contributed by atoms with Gasteiger partial charge in [0, 0.05) is 19.2 Å². The Kier molecular flexibility index (Phi) is 6.26. The standard InChI is InChI=1S/C15H28N2O3/c1-2-14-13(7-9-20-14)15(18)17-8-10-19-12-5-3-11(16)4-6-12/h11-14H,2-10,16H2,1H3,(H,17,18). The minimum absolute atomic E-state index is 0.0210. The highest BCUT2D eigenvalue weighted by Crippen LogP contribution is 2.23. The van der Waals surface area contributed by atoms with Crippen LogP contribution in [0, 0.1) is 5.92 Å². The van der Waals surface area contributed by atoms with Crippen molar-refractivity contribution in [3.05, 3.63) is 0 Å². The van der Waals surface area contributed by atoms with Crippen LogP contribution in [0.5, 0.6) is 0 Å². The van der Waals surface area contributed by atoms with Crippen LogP contribution in [0.2, 0.25) is 0 Å². The lowest BCUT2D eigenvalue weighted by Crippen LogP contribution is -2.37. The number of amides is 1. The molecule has 2 atom stereocenters. The van der Waals surface area contributed by atoms with E-state index in [1.807, 2.05) is 0 Å².